The van der Waals surface area contributed by atoms with Crippen molar-refractivity contribution in [2.24, 2.45) is 0 Å². The van der Waals surface area contributed by atoms with Crippen molar-refractivity contribution in [2.75, 3.05) is 23.3 Å². The van der Waals surface area contributed by atoms with E-state index in [1.54, 1.807) is 24.5 Å². The molecular formula is C24H22FN11. The summed E-state index contributed by atoms with van der Waals surface area (Å²) >= 11 is 0. The van der Waals surface area contributed by atoms with Crippen molar-refractivity contribution in [3.8, 4) is 5.69 Å². The molecule has 0 saturated carbocycles. The van der Waals surface area contributed by atoms with Gasteiger partial charge in [-0.3, -0.25) is 4.40 Å². The fraction of sp³-hybridized carbons (Fsp3) is 0.208. The van der Waals surface area contributed by atoms with Crippen LogP contribution in [0.3, 0.4) is 0 Å². The first-order chi connectivity index (χ1) is 17.7. The van der Waals surface area contributed by atoms with Gasteiger partial charge in [0.1, 0.15) is 23.4 Å². The maximum atomic E-state index is 14.7. The van der Waals surface area contributed by atoms with Crippen LogP contribution in [0.15, 0.2) is 61.6 Å². The molecule has 6 rings (SSSR count). The van der Waals surface area contributed by atoms with Crippen LogP contribution in [-0.2, 0) is 6.42 Å². The number of imidazole rings is 1. The molecule has 0 aliphatic carbocycles. The summed E-state index contributed by atoms with van der Waals surface area (Å²) < 4.78 is 17.9. The standard InChI is InChI=1S/C24H22FN11/c1-2-16-12-28-24(29-13-16)34-8-5-17(6-9-34)23-27-14-21-22(26-7-10-35(21)23)31-18-3-4-20(19(25)11-18)36-15-30-32-33-36/h3-5,7,10-15H,2,6,8-9H2,1H3,(H,26,31). The zero-order valence-electron chi connectivity index (χ0n) is 19.5. The van der Waals surface area contributed by atoms with Gasteiger partial charge in [0.2, 0.25) is 5.95 Å². The zero-order chi connectivity index (χ0) is 24.5. The third kappa shape index (κ3) is 4.02. The van der Waals surface area contributed by atoms with Crippen molar-refractivity contribution in [1.82, 2.24) is 44.5 Å². The van der Waals surface area contributed by atoms with Crippen LogP contribution in [0.25, 0.3) is 16.8 Å². The molecule has 0 spiro atoms. The van der Waals surface area contributed by atoms with Gasteiger partial charge in [-0.1, -0.05) is 13.0 Å². The number of tetrazole rings is 1. The summed E-state index contributed by atoms with van der Waals surface area (Å²) in [5, 5.41) is 14.0. The van der Waals surface area contributed by atoms with Gasteiger partial charge in [-0.05, 0) is 52.6 Å². The number of benzene rings is 1. The third-order valence-corrected chi connectivity index (χ3v) is 6.14. The summed E-state index contributed by atoms with van der Waals surface area (Å²) in [5.74, 6) is 1.72. The van der Waals surface area contributed by atoms with Gasteiger partial charge in [-0.2, -0.15) is 4.68 Å². The Hall–Kier alpha value is -4.74. The lowest BCUT2D eigenvalue weighted by atomic mass is 10.1. The fourth-order valence-corrected chi connectivity index (χ4v) is 4.19. The van der Waals surface area contributed by atoms with Crippen molar-refractivity contribution < 1.29 is 4.39 Å². The minimum atomic E-state index is -0.460. The highest BCUT2D eigenvalue weighted by molar-refractivity contribution is 5.76. The number of halogens is 1. The summed E-state index contributed by atoms with van der Waals surface area (Å²) in [7, 11) is 0. The second-order valence-electron chi connectivity index (χ2n) is 8.33. The monoisotopic (exact) mass is 483 g/mol. The number of hydrogen-bond donors (Lipinski definition) is 1. The van der Waals surface area contributed by atoms with Gasteiger partial charge in [0.05, 0.1) is 6.20 Å². The van der Waals surface area contributed by atoms with E-state index in [-0.39, 0.29) is 5.69 Å². The first-order valence-electron chi connectivity index (χ1n) is 11.6. The first kappa shape index (κ1) is 21.8. The third-order valence-electron chi connectivity index (χ3n) is 6.14. The molecule has 0 saturated heterocycles. The molecule has 4 aromatic heterocycles. The van der Waals surface area contributed by atoms with E-state index in [2.05, 4.69) is 58.7 Å². The summed E-state index contributed by atoms with van der Waals surface area (Å²) in [4.78, 5) is 20.3. The first-order valence-corrected chi connectivity index (χ1v) is 11.6. The molecule has 11 nitrogen and oxygen atoms in total. The van der Waals surface area contributed by atoms with Crippen LogP contribution in [0.5, 0.6) is 0 Å². The van der Waals surface area contributed by atoms with Crippen LogP contribution in [0, 0.1) is 5.82 Å². The van der Waals surface area contributed by atoms with Crippen LogP contribution in [0.1, 0.15) is 24.7 Å². The fourth-order valence-electron chi connectivity index (χ4n) is 4.19. The molecule has 1 N–H and O–H groups in total. The van der Waals surface area contributed by atoms with E-state index in [4.69, 9.17) is 0 Å². The largest absolute Gasteiger partial charge is 0.338 e. The maximum absolute atomic E-state index is 14.7. The van der Waals surface area contributed by atoms with Gasteiger partial charge in [-0.25, -0.2) is 24.3 Å². The Morgan fingerprint density at radius 3 is 2.69 bits per heavy atom. The summed E-state index contributed by atoms with van der Waals surface area (Å²) in [6, 6.07) is 4.73. The second-order valence-corrected chi connectivity index (χ2v) is 8.33. The predicted octanol–water partition coefficient (Wildman–Crippen LogP) is 3.23. The topological polar surface area (TPSA) is 115 Å². The van der Waals surface area contributed by atoms with Gasteiger partial charge < -0.3 is 10.2 Å². The van der Waals surface area contributed by atoms with Crippen LogP contribution < -0.4 is 10.2 Å². The molecule has 0 amide bonds. The second kappa shape index (κ2) is 9.13. The van der Waals surface area contributed by atoms with Crippen LogP contribution in [0.4, 0.5) is 21.8 Å². The highest BCUT2D eigenvalue weighted by Gasteiger charge is 2.19. The Bertz CT molecular complexity index is 1540. The SMILES string of the molecule is CCc1cnc(N2CC=C(c3ncc4c(Nc5ccc(-n6cnnn6)c(F)c5)nccn34)CC2)nc1. The summed E-state index contributed by atoms with van der Waals surface area (Å²) in [5.41, 5.74) is 3.87. The average Bonchev–Trinajstić information content (AvgIpc) is 3.60. The number of hydrogen-bond acceptors (Lipinski definition) is 9. The van der Waals surface area contributed by atoms with Crippen molar-refractivity contribution >= 4 is 28.5 Å². The number of aryl methyl sites for hydroxylation is 1. The van der Waals surface area contributed by atoms with Crippen LogP contribution in [0.2, 0.25) is 0 Å². The maximum Gasteiger partial charge on any atom is 0.225 e. The lowest BCUT2D eigenvalue weighted by molar-refractivity contribution is 0.607. The molecular weight excluding hydrogens is 461 g/mol. The normalized spacial score (nSPS) is 13.7. The highest BCUT2D eigenvalue weighted by Crippen LogP contribution is 2.28. The molecule has 0 fully saturated rings. The summed E-state index contributed by atoms with van der Waals surface area (Å²) in [6.45, 7) is 3.60. The Balaban J connectivity index is 1.23. The number of fused-ring (bicyclic) bond motifs is 1. The number of nitrogens with one attached hydrogen (secondary N) is 1. The Kier molecular flexibility index (Phi) is 5.52. The van der Waals surface area contributed by atoms with Gasteiger partial charge in [0.25, 0.3) is 0 Å². The van der Waals surface area contributed by atoms with E-state index in [1.165, 1.54) is 17.1 Å². The molecule has 12 heteroatoms. The van der Waals surface area contributed by atoms with Gasteiger partial charge in [0, 0.05) is 43.6 Å². The zero-order valence-corrected chi connectivity index (χ0v) is 19.5. The predicted molar refractivity (Wildman–Crippen MR) is 132 cm³/mol. The molecule has 1 aromatic carbocycles. The highest BCUT2D eigenvalue weighted by atomic mass is 19.1. The molecule has 0 bridgehead atoms. The molecule has 180 valence electrons. The molecule has 0 radical (unpaired) electrons. The molecule has 5 heterocycles. The minimum absolute atomic E-state index is 0.258. The van der Waals surface area contributed by atoms with E-state index in [1.807, 2.05) is 23.0 Å². The quantitative estimate of drug-likeness (QED) is 0.389. The minimum Gasteiger partial charge on any atom is -0.338 e. The molecule has 5 aromatic rings. The van der Waals surface area contributed by atoms with E-state index in [9.17, 15) is 4.39 Å². The molecule has 1 aliphatic rings. The van der Waals surface area contributed by atoms with Crippen molar-refractivity contribution in [1.29, 1.82) is 0 Å². The average molecular weight is 484 g/mol. The number of nitrogens with zero attached hydrogens (tertiary/aromatic N) is 10. The van der Waals surface area contributed by atoms with E-state index in [0.29, 0.717) is 18.1 Å². The molecule has 0 unspecified atom stereocenters. The summed E-state index contributed by atoms with van der Waals surface area (Å²) in [6.07, 6.45) is 14.4. The van der Waals surface area contributed by atoms with Crippen LogP contribution >= 0.6 is 0 Å². The van der Waals surface area contributed by atoms with E-state index in [0.717, 1.165) is 47.8 Å². The molecule has 36 heavy (non-hydrogen) atoms. The van der Waals surface area contributed by atoms with Gasteiger partial charge in [0.15, 0.2) is 11.6 Å². The van der Waals surface area contributed by atoms with Crippen molar-refractivity contribution in [3.63, 3.8) is 0 Å². The molecule has 0 atom stereocenters. The van der Waals surface area contributed by atoms with Gasteiger partial charge in [-0.15, -0.1) is 5.10 Å². The van der Waals surface area contributed by atoms with Gasteiger partial charge >= 0.3 is 0 Å². The van der Waals surface area contributed by atoms with Crippen LogP contribution in [-0.4, -0.2) is 57.6 Å². The number of anilines is 3. The number of aromatic nitrogens is 9. The van der Waals surface area contributed by atoms with E-state index >= 15 is 0 Å². The molecule has 1 aliphatic heterocycles. The lowest BCUT2D eigenvalue weighted by Crippen LogP contribution is -2.30. The lowest BCUT2D eigenvalue weighted by Gasteiger charge is -2.26. The Labute approximate surface area is 205 Å². The number of rotatable bonds is 6. The Morgan fingerprint density at radius 2 is 1.97 bits per heavy atom. The Morgan fingerprint density at radius 1 is 1.08 bits per heavy atom. The van der Waals surface area contributed by atoms with E-state index < -0.39 is 5.82 Å². The van der Waals surface area contributed by atoms with Crippen molar-refractivity contribution in [3.05, 3.63) is 78.8 Å². The van der Waals surface area contributed by atoms with Crippen molar-refractivity contribution in [2.45, 2.75) is 19.8 Å². The smallest absolute Gasteiger partial charge is 0.225 e.